The minimum absolute atomic E-state index is 0.0149. The molecule has 0 aromatic heterocycles. The number of carboxylic acids is 1. The van der Waals surface area contributed by atoms with E-state index in [-0.39, 0.29) is 18.1 Å². The van der Waals surface area contributed by atoms with Gasteiger partial charge in [-0.25, -0.2) is 0 Å². The average molecular weight is 307 g/mol. The van der Waals surface area contributed by atoms with E-state index < -0.39 is 17.9 Å². The number of rotatable bonds is 7. The van der Waals surface area contributed by atoms with Gasteiger partial charge in [0.2, 0.25) is 5.91 Å². The standard InChI is InChI=1S/C16H21NO5/c1-9(16(20)21)10(2)17-15(19)8-13-7-12(11(3)18)5-6-14(13)22-4/h5-7,9-10H,8H2,1-4H3,(H,17,19)(H,20,21). The van der Waals surface area contributed by atoms with Crippen molar-refractivity contribution in [3.63, 3.8) is 0 Å². The molecule has 6 heteroatoms. The third kappa shape index (κ3) is 4.58. The van der Waals surface area contributed by atoms with Gasteiger partial charge in [-0.1, -0.05) is 0 Å². The summed E-state index contributed by atoms with van der Waals surface area (Å²) < 4.78 is 5.19. The molecule has 1 rings (SSSR count). The van der Waals surface area contributed by atoms with Gasteiger partial charge in [0.25, 0.3) is 0 Å². The minimum Gasteiger partial charge on any atom is -0.496 e. The lowest BCUT2D eigenvalue weighted by molar-refractivity contribution is -0.142. The monoisotopic (exact) mass is 307 g/mol. The average Bonchev–Trinajstić information content (AvgIpc) is 2.45. The van der Waals surface area contributed by atoms with Gasteiger partial charge >= 0.3 is 5.97 Å². The number of amides is 1. The van der Waals surface area contributed by atoms with E-state index >= 15 is 0 Å². The molecule has 0 bridgehead atoms. The van der Waals surface area contributed by atoms with Gasteiger partial charge in [-0.05, 0) is 39.0 Å². The van der Waals surface area contributed by atoms with Crippen LogP contribution in [0, 0.1) is 5.92 Å². The summed E-state index contributed by atoms with van der Waals surface area (Å²) in [5.74, 6) is -1.56. The maximum atomic E-state index is 12.1. The maximum Gasteiger partial charge on any atom is 0.308 e. The van der Waals surface area contributed by atoms with Gasteiger partial charge in [-0.2, -0.15) is 0 Å². The lowest BCUT2D eigenvalue weighted by Gasteiger charge is -2.18. The SMILES string of the molecule is COc1ccc(C(C)=O)cc1CC(=O)NC(C)C(C)C(=O)O. The van der Waals surface area contributed by atoms with E-state index in [0.29, 0.717) is 16.9 Å². The van der Waals surface area contributed by atoms with Crippen LogP contribution in [0.15, 0.2) is 18.2 Å². The van der Waals surface area contributed by atoms with Gasteiger partial charge < -0.3 is 15.2 Å². The van der Waals surface area contributed by atoms with Crippen LogP contribution < -0.4 is 10.1 Å². The molecule has 0 spiro atoms. The van der Waals surface area contributed by atoms with Gasteiger partial charge in [0.1, 0.15) is 5.75 Å². The Balaban J connectivity index is 2.85. The Hall–Kier alpha value is -2.37. The van der Waals surface area contributed by atoms with Crippen LogP contribution in [0.25, 0.3) is 0 Å². The van der Waals surface area contributed by atoms with Crippen LogP contribution in [0.2, 0.25) is 0 Å². The molecule has 6 nitrogen and oxygen atoms in total. The fraction of sp³-hybridized carbons (Fsp3) is 0.438. The summed E-state index contributed by atoms with van der Waals surface area (Å²) in [7, 11) is 1.49. The lowest BCUT2D eigenvalue weighted by atomic mass is 10.0. The highest BCUT2D eigenvalue weighted by Gasteiger charge is 2.21. The number of nitrogens with one attached hydrogen (secondary N) is 1. The van der Waals surface area contributed by atoms with Crippen LogP contribution in [-0.4, -0.2) is 35.9 Å². The molecule has 0 aliphatic rings. The summed E-state index contributed by atoms with van der Waals surface area (Å²) in [6.07, 6.45) is 0.0149. The Kier molecular flexibility index (Phi) is 6.10. The van der Waals surface area contributed by atoms with E-state index in [2.05, 4.69) is 5.32 Å². The molecule has 2 N–H and O–H groups in total. The quantitative estimate of drug-likeness (QED) is 0.747. The van der Waals surface area contributed by atoms with Crippen molar-refractivity contribution in [3.05, 3.63) is 29.3 Å². The van der Waals surface area contributed by atoms with Crippen molar-refractivity contribution in [1.29, 1.82) is 0 Å². The zero-order valence-corrected chi connectivity index (χ0v) is 13.2. The molecule has 0 heterocycles. The Bertz CT molecular complexity index is 582. The number of hydrogen-bond acceptors (Lipinski definition) is 4. The zero-order chi connectivity index (χ0) is 16.9. The highest BCUT2D eigenvalue weighted by molar-refractivity contribution is 5.94. The van der Waals surface area contributed by atoms with Crippen LogP contribution in [0.1, 0.15) is 36.7 Å². The number of benzene rings is 1. The third-order valence-electron chi connectivity index (χ3n) is 3.57. The van der Waals surface area contributed by atoms with Crippen LogP contribution in [0.5, 0.6) is 5.75 Å². The summed E-state index contributed by atoms with van der Waals surface area (Å²) in [5, 5.41) is 11.6. The second-order valence-corrected chi connectivity index (χ2v) is 5.24. The smallest absolute Gasteiger partial charge is 0.308 e. The predicted molar refractivity (Wildman–Crippen MR) is 81.1 cm³/mol. The Morgan fingerprint density at radius 2 is 1.91 bits per heavy atom. The molecular weight excluding hydrogens is 286 g/mol. The molecule has 0 aliphatic heterocycles. The van der Waals surface area contributed by atoms with E-state index in [1.807, 2.05) is 0 Å². The summed E-state index contributed by atoms with van der Waals surface area (Å²) in [6, 6.07) is 4.40. The molecule has 2 unspecified atom stereocenters. The van der Waals surface area contributed by atoms with Crippen molar-refractivity contribution >= 4 is 17.7 Å². The summed E-state index contributed by atoms with van der Waals surface area (Å²) in [4.78, 5) is 34.4. The largest absolute Gasteiger partial charge is 0.496 e. The van der Waals surface area contributed by atoms with Crippen LogP contribution in [-0.2, 0) is 16.0 Å². The summed E-state index contributed by atoms with van der Waals surface area (Å²) in [5.41, 5.74) is 1.08. The summed E-state index contributed by atoms with van der Waals surface area (Å²) in [6.45, 7) is 4.62. The first-order valence-corrected chi connectivity index (χ1v) is 6.96. The van der Waals surface area contributed by atoms with Crippen molar-refractivity contribution in [1.82, 2.24) is 5.32 Å². The number of hydrogen-bond donors (Lipinski definition) is 2. The van der Waals surface area contributed by atoms with E-state index in [9.17, 15) is 14.4 Å². The molecule has 0 saturated carbocycles. The first-order chi connectivity index (χ1) is 10.3. The van der Waals surface area contributed by atoms with Crippen molar-refractivity contribution in [2.75, 3.05) is 7.11 Å². The molecule has 1 aromatic rings. The molecular formula is C16H21NO5. The molecule has 1 aromatic carbocycles. The zero-order valence-electron chi connectivity index (χ0n) is 13.2. The van der Waals surface area contributed by atoms with Crippen molar-refractivity contribution < 1.29 is 24.2 Å². The third-order valence-corrected chi connectivity index (χ3v) is 3.57. The van der Waals surface area contributed by atoms with Gasteiger partial charge in [0, 0.05) is 17.2 Å². The van der Waals surface area contributed by atoms with Gasteiger partial charge in [-0.15, -0.1) is 0 Å². The van der Waals surface area contributed by atoms with E-state index in [1.165, 1.54) is 21.0 Å². The van der Waals surface area contributed by atoms with Crippen molar-refractivity contribution in [2.45, 2.75) is 33.2 Å². The van der Waals surface area contributed by atoms with E-state index in [4.69, 9.17) is 9.84 Å². The second-order valence-electron chi connectivity index (χ2n) is 5.24. The molecule has 1 amide bonds. The van der Waals surface area contributed by atoms with Crippen LogP contribution >= 0.6 is 0 Å². The number of carbonyl (C=O) groups is 3. The number of methoxy groups -OCH3 is 1. The van der Waals surface area contributed by atoms with Crippen molar-refractivity contribution in [2.24, 2.45) is 5.92 Å². The molecule has 2 atom stereocenters. The Morgan fingerprint density at radius 1 is 1.27 bits per heavy atom. The highest BCUT2D eigenvalue weighted by atomic mass is 16.5. The molecule has 0 fully saturated rings. The number of ether oxygens (including phenoxy) is 1. The molecule has 0 radical (unpaired) electrons. The second kappa shape index (κ2) is 7.59. The molecule has 120 valence electrons. The molecule has 0 aliphatic carbocycles. The maximum absolute atomic E-state index is 12.1. The van der Waals surface area contributed by atoms with Gasteiger partial charge in [0.15, 0.2) is 5.78 Å². The number of Topliss-reactive ketones (excluding diaryl/α,β-unsaturated/α-hetero) is 1. The topological polar surface area (TPSA) is 92.7 Å². The van der Waals surface area contributed by atoms with Crippen LogP contribution in [0.3, 0.4) is 0 Å². The van der Waals surface area contributed by atoms with E-state index in [1.54, 1.807) is 25.1 Å². The fourth-order valence-corrected chi connectivity index (χ4v) is 1.95. The number of aliphatic carboxylic acids is 1. The van der Waals surface area contributed by atoms with Crippen LogP contribution in [0.4, 0.5) is 0 Å². The normalized spacial score (nSPS) is 13.1. The number of ketones is 1. The minimum atomic E-state index is -0.969. The first-order valence-electron chi connectivity index (χ1n) is 6.96. The van der Waals surface area contributed by atoms with E-state index in [0.717, 1.165) is 0 Å². The predicted octanol–water partition coefficient (Wildman–Crippen LogP) is 1.67. The van der Waals surface area contributed by atoms with Gasteiger partial charge in [0.05, 0.1) is 19.4 Å². The number of carbonyl (C=O) groups excluding carboxylic acids is 2. The molecule has 0 saturated heterocycles. The van der Waals surface area contributed by atoms with Gasteiger partial charge in [-0.3, -0.25) is 14.4 Å². The fourth-order valence-electron chi connectivity index (χ4n) is 1.95. The Labute approximate surface area is 129 Å². The number of carboxylic acid groups (broad SMARTS) is 1. The van der Waals surface area contributed by atoms with Crippen molar-refractivity contribution in [3.8, 4) is 5.75 Å². The Morgan fingerprint density at radius 3 is 2.41 bits per heavy atom. The highest BCUT2D eigenvalue weighted by Crippen LogP contribution is 2.21. The molecule has 22 heavy (non-hydrogen) atoms. The lowest BCUT2D eigenvalue weighted by Crippen LogP contribution is -2.40. The summed E-state index contributed by atoms with van der Waals surface area (Å²) >= 11 is 0. The first kappa shape index (κ1) is 17.7.